The van der Waals surface area contributed by atoms with Crippen LogP contribution in [0.2, 0.25) is 0 Å². The SMILES string of the molecule is CC12COCC1NC(=O)N(c1cccc(C#N)c1)C2=O. The molecule has 0 radical (unpaired) electrons. The molecule has 3 amide bonds. The number of anilines is 1. The van der Waals surface area contributed by atoms with Crippen LogP contribution >= 0.6 is 0 Å². The van der Waals surface area contributed by atoms with E-state index in [2.05, 4.69) is 5.32 Å². The van der Waals surface area contributed by atoms with Gasteiger partial charge in [0.05, 0.1) is 42.0 Å². The molecular formula is C14H13N3O3. The van der Waals surface area contributed by atoms with Crippen molar-refractivity contribution in [1.29, 1.82) is 5.26 Å². The molecule has 1 N–H and O–H groups in total. The number of nitrogens with zero attached hydrogens (tertiary/aromatic N) is 2. The molecule has 2 heterocycles. The molecule has 3 rings (SSSR count). The van der Waals surface area contributed by atoms with Gasteiger partial charge in [0.2, 0.25) is 5.91 Å². The van der Waals surface area contributed by atoms with Gasteiger partial charge < -0.3 is 10.1 Å². The van der Waals surface area contributed by atoms with Crippen LogP contribution in [0.25, 0.3) is 0 Å². The normalized spacial score (nSPS) is 28.8. The summed E-state index contributed by atoms with van der Waals surface area (Å²) in [6.45, 7) is 2.42. The van der Waals surface area contributed by atoms with E-state index in [1.807, 2.05) is 6.07 Å². The van der Waals surface area contributed by atoms with Crippen LogP contribution < -0.4 is 10.2 Å². The summed E-state index contributed by atoms with van der Waals surface area (Å²) in [5.74, 6) is -0.293. The van der Waals surface area contributed by atoms with Gasteiger partial charge in [-0.25, -0.2) is 9.69 Å². The van der Waals surface area contributed by atoms with Gasteiger partial charge in [0.1, 0.15) is 0 Å². The van der Waals surface area contributed by atoms with Crippen molar-refractivity contribution in [2.45, 2.75) is 13.0 Å². The quantitative estimate of drug-likeness (QED) is 0.826. The van der Waals surface area contributed by atoms with Crippen LogP contribution in [0.15, 0.2) is 24.3 Å². The number of nitrogens with one attached hydrogen (secondary N) is 1. The Morgan fingerprint density at radius 2 is 2.30 bits per heavy atom. The zero-order chi connectivity index (χ0) is 14.3. The number of benzene rings is 1. The highest BCUT2D eigenvalue weighted by Gasteiger charge is 2.54. The van der Waals surface area contributed by atoms with E-state index >= 15 is 0 Å². The average molecular weight is 271 g/mol. The second-order valence-electron chi connectivity index (χ2n) is 5.24. The van der Waals surface area contributed by atoms with E-state index in [0.717, 1.165) is 4.90 Å². The topological polar surface area (TPSA) is 82.4 Å². The van der Waals surface area contributed by atoms with Crippen molar-refractivity contribution in [2.24, 2.45) is 5.41 Å². The number of carbonyl (C=O) groups is 2. The molecule has 6 nitrogen and oxygen atoms in total. The molecule has 1 aromatic carbocycles. The van der Waals surface area contributed by atoms with Crippen LogP contribution in [0, 0.1) is 16.7 Å². The van der Waals surface area contributed by atoms with Gasteiger partial charge in [-0.05, 0) is 25.1 Å². The molecule has 1 aromatic rings. The van der Waals surface area contributed by atoms with E-state index in [-0.39, 0.29) is 18.6 Å². The number of urea groups is 1. The largest absolute Gasteiger partial charge is 0.378 e. The number of nitriles is 1. The van der Waals surface area contributed by atoms with Gasteiger partial charge in [-0.2, -0.15) is 5.26 Å². The third kappa shape index (κ3) is 1.67. The van der Waals surface area contributed by atoms with Crippen molar-refractivity contribution in [3.05, 3.63) is 29.8 Å². The highest BCUT2D eigenvalue weighted by molar-refractivity contribution is 6.18. The highest BCUT2D eigenvalue weighted by atomic mass is 16.5. The Morgan fingerprint density at radius 1 is 1.50 bits per heavy atom. The number of rotatable bonds is 1. The maximum Gasteiger partial charge on any atom is 0.329 e. The summed E-state index contributed by atoms with van der Waals surface area (Å²) in [6.07, 6.45) is 0. The van der Waals surface area contributed by atoms with E-state index < -0.39 is 11.4 Å². The minimum atomic E-state index is -0.753. The van der Waals surface area contributed by atoms with Crippen molar-refractivity contribution in [3.8, 4) is 6.07 Å². The number of fused-ring (bicyclic) bond motifs is 1. The van der Waals surface area contributed by atoms with Gasteiger partial charge in [-0.3, -0.25) is 4.79 Å². The van der Waals surface area contributed by atoms with Crippen molar-refractivity contribution in [1.82, 2.24) is 5.32 Å². The first-order valence-electron chi connectivity index (χ1n) is 6.29. The summed E-state index contributed by atoms with van der Waals surface area (Å²) in [5, 5.41) is 11.7. The van der Waals surface area contributed by atoms with Crippen LogP contribution in [0.3, 0.4) is 0 Å². The Morgan fingerprint density at radius 3 is 3.05 bits per heavy atom. The maximum atomic E-state index is 12.6. The lowest BCUT2D eigenvalue weighted by molar-refractivity contribution is -0.128. The molecule has 2 aliphatic heterocycles. The molecule has 2 fully saturated rings. The second kappa shape index (κ2) is 4.32. The van der Waals surface area contributed by atoms with Gasteiger partial charge >= 0.3 is 6.03 Å². The molecule has 2 saturated heterocycles. The summed E-state index contributed by atoms with van der Waals surface area (Å²) >= 11 is 0. The number of hydrogen-bond acceptors (Lipinski definition) is 4. The van der Waals surface area contributed by atoms with Crippen LogP contribution in [0.1, 0.15) is 12.5 Å². The molecule has 0 aliphatic carbocycles. The first-order valence-corrected chi connectivity index (χ1v) is 6.29. The van der Waals surface area contributed by atoms with Crippen molar-refractivity contribution >= 4 is 17.6 Å². The van der Waals surface area contributed by atoms with Gasteiger partial charge in [-0.1, -0.05) is 6.07 Å². The molecule has 6 heteroatoms. The number of ether oxygens (including phenoxy) is 1. The smallest absolute Gasteiger partial charge is 0.329 e. The molecule has 0 saturated carbocycles. The van der Waals surface area contributed by atoms with Crippen molar-refractivity contribution in [2.75, 3.05) is 18.1 Å². The summed E-state index contributed by atoms with van der Waals surface area (Å²) in [5.41, 5.74) is 0.0486. The number of amides is 3. The third-order valence-electron chi connectivity index (χ3n) is 3.88. The molecule has 0 aromatic heterocycles. The Hall–Kier alpha value is -2.39. The summed E-state index contributed by atoms with van der Waals surface area (Å²) in [6, 6.07) is 7.66. The first kappa shape index (κ1) is 12.6. The van der Waals surface area contributed by atoms with Gasteiger partial charge in [-0.15, -0.1) is 0 Å². The van der Waals surface area contributed by atoms with Crippen molar-refractivity contribution in [3.63, 3.8) is 0 Å². The standard InChI is InChI=1S/C14H13N3O3/c1-14-8-20-7-11(14)16-13(19)17(12(14)18)10-4-2-3-9(5-10)6-15/h2-5,11H,7-8H2,1H3,(H,16,19). The lowest BCUT2D eigenvalue weighted by Crippen LogP contribution is -2.65. The summed E-state index contributed by atoms with van der Waals surface area (Å²) in [4.78, 5) is 25.9. The van der Waals surface area contributed by atoms with Gasteiger partial charge in [0, 0.05) is 0 Å². The third-order valence-corrected chi connectivity index (χ3v) is 3.88. The molecular weight excluding hydrogens is 258 g/mol. The van der Waals surface area contributed by atoms with E-state index in [1.165, 1.54) is 6.07 Å². The second-order valence-corrected chi connectivity index (χ2v) is 5.24. The monoisotopic (exact) mass is 271 g/mol. The number of imide groups is 1. The molecule has 2 atom stereocenters. The Bertz CT molecular complexity index is 637. The Balaban J connectivity index is 2.02. The van der Waals surface area contributed by atoms with Gasteiger partial charge in [0.15, 0.2) is 0 Å². The van der Waals surface area contributed by atoms with E-state index in [0.29, 0.717) is 17.9 Å². The van der Waals surface area contributed by atoms with Crippen molar-refractivity contribution < 1.29 is 14.3 Å². The molecule has 2 aliphatic rings. The molecule has 2 unspecified atom stereocenters. The fourth-order valence-electron chi connectivity index (χ4n) is 2.60. The van der Waals surface area contributed by atoms with E-state index in [9.17, 15) is 9.59 Å². The maximum absolute atomic E-state index is 12.6. The lowest BCUT2D eigenvalue weighted by atomic mass is 9.82. The summed E-state index contributed by atoms with van der Waals surface area (Å²) in [7, 11) is 0. The van der Waals surface area contributed by atoms with E-state index in [1.54, 1.807) is 25.1 Å². The summed E-state index contributed by atoms with van der Waals surface area (Å²) < 4.78 is 5.33. The minimum Gasteiger partial charge on any atom is -0.378 e. The van der Waals surface area contributed by atoms with Crippen LogP contribution in [0.5, 0.6) is 0 Å². The predicted octanol–water partition coefficient (Wildman–Crippen LogP) is 1.02. The number of carbonyl (C=O) groups excluding carboxylic acids is 2. The minimum absolute atomic E-state index is 0.283. The lowest BCUT2D eigenvalue weighted by Gasteiger charge is -2.39. The zero-order valence-corrected chi connectivity index (χ0v) is 10.9. The fourth-order valence-corrected chi connectivity index (χ4v) is 2.60. The van der Waals surface area contributed by atoms with E-state index in [4.69, 9.17) is 10.00 Å². The van der Waals surface area contributed by atoms with Crippen LogP contribution in [-0.2, 0) is 9.53 Å². The molecule has 20 heavy (non-hydrogen) atoms. The molecule has 0 spiro atoms. The predicted molar refractivity (Wildman–Crippen MR) is 69.9 cm³/mol. The Labute approximate surface area is 115 Å². The average Bonchev–Trinajstić information content (AvgIpc) is 2.82. The first-order chi connectivity index (χ1) is 9.56. The highest BCUT2D eigenvalue weighted by Crippen LogP contribution is 2.36. The fraction of sp³-hybridized carbons (Fsp3) is 0.357. The molecule has 0 bridgehead atoms. The van der Waals surface area contributed by atoms with Gasteiger partial charge in [0.25, 0.3) is 0 Å². The number of hydrogen-bond donors (Lipinski definition) is 1. The Kier molecular flexibility index (Phi) is 2.73. The van der Waals surface area contributed by atoms with Crippen LogP contribution in [-0.4, -0.2) is 31.2 Å². The molecule has 102 valence electrons. The zero-order valence-electron chi connectivity index (χ0n) is 10.9. The van der Waals surface area contributed by atoms with Crippen LogP contribution in [0.4, 0.5) is 10.5 Å².